The van der Waals surface area contributed by atoms with Crippen molar-refractivity contribution in [3.8, 4) is 5.75 Å². The van der Waals surface area contributed by atoms with Crippen LogP contribution in [0.15, 0.2) is 48.8 Å². The smallest absolute Gasteiger partial charge is 0.124 e. The number of aromatic nitrogens is 1. The number of para-hydroxylation sites is 1. The molecule has 1 N–H and O–H groups in total. The number of benzene rings is 1. The van der Waals surface area contributed by atoms with Crippen molar-refractivity contribution in [2.45, 2.75) is 45.4 Å². The average molecular weight is 339 g/mol. The summed E-state index contributed by atoms with van der Waals surface area (Å²) >= 11 is 0. The summed E-state index contributed by atoms with van der Waals surface area (Å²) in [5.74, 6) is 0.949. The molecule has 0 saturated carbocycles. The van der Waals surface area contributed by atoms with Crippen LogP contribution in [-0.4, -0.2) is 35.6 Å². The molecular formula is C21H29N3O. The second-order valence-corrected chi connectivity index (χ2v) is 6.82. The zero-order valence-corrected chi connectivity index (χ0v) is 15.2. The number of likely N-dealkylation sites (tertiary alicyclic amines) is 1. The highest BCUT2D eigenvalue weighted by molar-refractivity contribution is 5.33. The van der Waals surface area contributed by atoms with E-state index in [0.717, 1.165) is 37.0 Å². The maximum absolute atomic E-state index is 6.00. The molecule has 4 heteroatoms. The van der Waals surface area contributed by atoms with Crippen LogP contribution in [0.25, 0.3) is 0 Å². The van der Waals surface area contributed by atoms with Gasteiger partial charge in [-0.25, -0.2) is 0 Å². The van der Waals surface area contributed by atoms with Crippen molar-refractivity contribution in [1.82, 2.24) is 15.2 Å². The number of hydrogen-bond acceptors (Lipinski definition) is 4. The first kappa shape index (κ1) is 17.9. The predicted molar refractivity (Wildman–Crippen MR) is 102 cm³/mol. The second-order valence-electron chi connectivity index (χ2n) is 6.82. The van der Waals surface area contributed by atoms with Crippen molar-refractivity contribution in [2.75, 3.05) is 19.6 Å². The fourth-order valence-corrected chi connectivity index (χ4v) is 3.37. The van der Waals surface area contributed by atoms with E-state index in [4.69, 9.17) is 4.74 Å². The maximum atomic E-state index is 6.00. The van der Waals surface area contributed by atoms with E-state index in [1.807, 2.05) is 30.5 Å². The highest BCUT2D eigenvalue weighted by Gasteiger charge is 2.17. The van der Waals surface area contributed by atoms with Crippen LogP contribution < -0.4 is 10.1 Å². The summed E-state index contributed by atoms with van der Waals surface area (Å²) in [5, 5.41) is 3.57. The molecule has 1 aliphatic rings. The Labute approximate surface area is 151 Å². The first-order valence-corrected chi connectivity index (χ1v) is 9.37. The Morgan fingerprint density at radius 3 is 2.96 bits per heavy atom. The topological polar surface area (TPSA) is 37.4 Å². The molecule has 2 aromatic rings. The van der Waals surface area contributed by atoms with Gasteiger partial charge in [0.15, 0.2) is 0 Å². The summed E-state index contributed by atoms with van der Waals surface area (Å²) < 4.78 is 6.00. The van der Waals surface area contributed by atoms with E-state index < -0.39 is 0 Å². The van der Waals surface area contributed by atoms with Gasteiger partial charge in [-0.3, -0.25) is 9.88 Å². The normalized spacial score (nSPS) is 18.2. The molecule has 4 nitrogen and oxygen atoms in total. The van der Waals surface area contributed by atoms with Gasteiger partial charge < -0.3 is 10.1 Å². The summed E-state index contributed by atoms with van der Waals surface area (Å²) in [5.41, 5.74) is 2.29. The monoisotopic (exact) mass is 339 g/mol. The Hall–Kier alpha value is -1.91. The van der Waals surface area contributed by atoms with E-state index in [-0.39, 0.29) is 0 Å². The molecule has 0 bridgehead atoms. The van der Waals surface area contributed by atoms with Gasteiger partial charge in [0.2, 0.25) is 0 Å². The lowest BCUT2D eigenvalue weighted by molar-refractivity contribution is 0.161. The molecule has 0 radical (unpaired) electrons. The summed E-state index contributed by atoms with van der Waals surface area (Å²) in [7, 11) is 0. The molecule has 1 atom stereocenters. The fraction of sp³-hybridized carbons (Fsp3) is 0.476. The Kier molecular flexibility index (Phi) is 6.83. The summed E-state index contributed by atoms with van der Waals surface area (Å²) in [6.07, 6.45) is 7.69. The molecule has 134 valence electrons. The van der Waals surface area contributed by atoms with Crippen molar-refractivity contribution >= 4 is 0 Å². The minimum atomic E-state index is 0.552. The van der Waals surface area contributed by atoms with Gasteiger partial charge in [0.25, 0.3) is 0 Å². The lowest BCUT2D eigenvalue weighted by atomic mass is 10.0. The van der Waals surface area contributed by atoms with Crippen LogP contribution in [0.4, 0.5) is 0 Å². The van der Waals surface area contributed by atoms with E-state index in [9.17, 15) is 0 Å². The molecule has 1 aromatic carbocycles. The quantitative estimate of drug-likeness (QED) is 0.745. The van der Waals surface area contributed by atoms with Gasteiger partial charge in [0.1, 0.15) is 12.4 Å². The Bertz CT molecular complexity index is 632. The van der Waals surface area contributed by atoms with Gasteiger partial charge in [-0.1, -0.05) is 30.7 Å². The molecule has 25 heavy (non-hydrogen) atoms. The Balaban J connectivity index is 1.46. The second kappa shape index (κ2) is 9.54. The minimum Gasteiger partial charge on any atom is -0.489 e. The standard InChI is InChI=1S/C21H29N3O/c1-18-7-4-5-13-24(18)14-12-23-16-20-9-2-3-10-21(20)25-17-19-8-6-11-22-15-19/h2-3,6,8-11,15,18,23H,4-5,7,12-14,16-17H2,1H3. The third kappa shape index (κ3) is 5.55. The SMILES string of the molecule is CC1CCCCN1CCNCc1ccccc1OCc1cccnc1. The average Bonchev–Trinajstić information content (AvgIpc) is 2.66. The lowest BCUT2D eigenvalue weighted by Crippen LogP contribution is -2.41. The lowest BCUT2D eigenvalue weighted by Gasteiger charge is -2.33. The van der Waals surface area contributed by atoms with Crippen molar-refractivity contribution < 1.29 is 4.74 Å². The van der Waals surface area contributed by atoms with Crippen LogP contribution >= 0.6 is 0 Å². The molecule has 0 spiro atoms. The van der Waals surface area contributed by atoms with E-state index in [2.05, 4.69) is 34.3 Å². The van der Waals surface area contributed by atoms with E-state index in [1.165, 1.54) is 31.4 Å². The number of ether oxygens (including phenoxy) is 1. The predicted octanol–water partition coefficient (Wildman–Crippen LogP) is 3.62. The van der Waals surface area contributed by atoms with E-state index in [0.29, 0.717) is 6.61 Å². The van der Waals surface area contributed by atoms with Gasteiger partial charge in [-0.05, 0) is 38.4 Å². The first-order valence-electron chi connectivity index (χ1n) is 9.37. The molecule has 2 heterocycles. The summed E-state index contributed by atoms with van der Waals surface area (Å²) in [4.78, 5) is 6.73. The van der Waals surface area contributed by atoms with Crippen molar-refractivity contribution in [3.63, 3.8) is 0 Å². The number of piperidine rings is 1. The number of hydrogen-bond donors (Lipinski definition) is 1. The third-order valence-electron chi connectivity index (χ3n) is 4.92. The highest BCUT2D eigenvalue weighted by atomic mass is 16.5. The number of pyridine rings is 1. The highest BCUT2D eigenvalue weighted by Crippen LogP contribution is 2.19. The fourth-order valence-electron chi connectivity index (χ4n) is 3.37. The van der Waals surface area contributed by atoms with Gasteiger partial charge in [0.05, 0.1) is 0 Å². The Morgan fingerprint density at radius 2 is 2.12 bits per heavy atom. The summed E-state index contributed by atoms with van der Waals surface area (Å²) in [6.45, 7) is 7.12. The molecule has 0 amide bonds. The van der Waals surface area contributed by atoms with Crippen molar-refractivity contribution in [2.24, 2.45) is 0 Å². The third-order valence-corrected chi connectivity index (χ3v) is 4.92. The molecule has 1 saturated heterocycles. The first-order chi connectivity index (χ1) is 12.3. The molecule has 0 aliphatic carbocycles. The van der Waals surface area contributed by atoms with Crippen LogP contribution in [-0.2, 0) is 13.2 Å². The van der Waals surface area contributed by atoms with Gasteiger partial charge >= 0.3 is 0 Å². The molecule has 1 unspecified atom stereocenters. The van der Waals surface area contributed by atoms with E-state index >= 15 is 0 Å². The van der Waals surface area contributed by atoms with Gasteiger partial charge in [-0.15, -0.1) is 0 Å². The minimum absolute atomic E-state index is 0.552. The number of nitrogens with zero attached hydrogens (tertiary/aromatic N) is 2. The number of rotatable bonds is 8. The molecule has 3 rings (SSSR count). The number of nitrogens with one attached hydrogen (secondary N) is 1. The van der Waals surface area contributed by atoms with Crippen LogP contribution in [0, 0.1) is 0 Å². The van der Waals surface area contributed by atoms with Gasteiger partial charge in [-0.2, -0.15) is 0 Å². The largest absolute Gasteiger partial charge is 0.489 e. The molecule has 1 aliphatic heterocycles. The zero-order valence-electron chi connectivity index (χ0n) is 15.2. The molecule has 1 fully saturated rings. The van der Waals surface area contributed by atoms with Crippen LogP contribution in [0.3, 0.4) is 0 Å². The van der Waals surface area contributed by atoms with Crippen LogP contribution in [0.2, 0.25) is 0 Å². The van der Waals surface area contributed by atoms with Crippen LogP contribution in [0.5, 0.6) is 5.75 Å². The maximum Gasteiger partial charge on any atom is 0.124 e. The van der Waals surface area contributed by atoms with Crippen molar-refractivity contribution in [3.05, 3.63) is 59.9 Å². The van der Waals surface area contributed by atoms with E-state index in [1.54, 1.807) is 6.20 Å². The Morgan fingerprint density at radius 1 is 1.20 bits per heavy atom. The summed E-state index contributed by atoms with van der Waals surface area (Å²) in [6, 6.07) is 13.0. The molecular weight excluding hydrogens is 310 g/mol. The van der Waals surface area contributed by atoms with Crippen molar-refractivity contribution in [1.29, 1.82) is 0 Å². The van der Waals surface area contributed by atoms with Gasteiger partial charge in [0, 0.05) is 49.2 Å². The van der Waals surface area contributed by atoms with Crippen LogP contribution in [0.1, 0.15) is 37.3 Å². The zero-order chi connectivity index (χ0) is 17.3. The molecule has 1 aromatic heterocycles.